The number of amides is 5. The van der Waals surface area contributed by atoms with E-state index in [4.69, 9.17) is 25.0 Å². The zero-order valence-electron chi connectivity index (χ0n) is 50.3. The minimum Gasteiger partial charge on any atom is -0.405 e. The molecule has 2 unspecified atom stereocenters. The highest BCUT2D eigenvalue weighted by Gasteiger charge is 2.35. The molecule has 474 valence electrons. The highest BCUT2D eigenvalue weighted by atomic mass is 16.7. The number of carbonyl (C=O) groups is 6. The molecule has 4 aromatic carbocycles. The Balaban J connectivity index is 1.06. The number of ether oxygens (including phenoxy) is 1. The van der Waals surface area contributed by atoms with Gasteiger partial charge in [0.05, 0.1) is 18.4 Å². The monoisotopic (exact) mass is 1240 g/mol. The fourth-order valence-electron chi connectivity index (χ4n) is 9.86. The topological polar surface area (TPSA) is 286 Å². The van der Waals surface area contributed by atoms with Crippen molar-refractivity contribution in [1.29, 1.82) is 0 Å². The van der Waals surface area contributed by atoms with Crippen LogP contribution in [0.4, 0.5) is 0 Å². The summed E-state index contributed by atoms with van der Waals surface area (Å²) in [5.74, 6) is -3.80. The van der Waals surface area contributed by atoms with E-state index in [1.54, 1.807) is 24.3 Å². The molecule has 5 N–H and O–H groups in total. The Morgan fingerprint density at radius 2 is 0.912 bits per heavy atom. The number of hydrogen-bond donors (Lipinski definition) is 4. The first-order valence-electron chi connectivity index (χ1n) is 30.1. The normalized spacial score (nSPS) is 12.9. The minimum atomic E-state index is -1.34. The molecule has 5 amide bonds. The number of nitrogens with zero attached hydrogens (tertiary/aromatic N) is 6. The Morgan fingerprint density at radius 1 is 0.473 bits per heavy atom. The van der Waals surface area contributed by atoms with Crippen LogP contribution in [-0.4, -0.2) is 123 Å². The molecule has 1 aliphatic heterocycles. The third-order valence-corrected chi connectivity index (χ3v) is 14.6. The van der Waals surface area contributed by atoms with Gasteiger partial charge in [0.2, 0.25) is 11.7 Å². The van der Waals surface area contributed by atoms with Crippen molar-refractivity contribution in [2.75, 3.05) is 45.8 Å². The zero-order chi connectivity index (χ0) is 64.2. The first kappa shape index (κ1) is 66.4. The van der Waals surface area contributed by atoms with E-state index in [0.29, 0.717) is 31.4 Å². The number of carbonyl (C=O) groups excluding carboxylic acids is 6. The van der Waals surface area contributed by atoms with Crippen LogP contribution in [0, 0.1) is 0 Å². The van der Waals surface area contributed by atoms with Gasteiger partial charge in [0.1, 0.15) is 42.9 Å². The lowest BCUT2D eigenvalue weighted by Crippen LogP contribution is -2.52. The molecule has 23 heteroatoms. The second-order valence-corrected chi connectivity index (χ2v) is 21.2. The quantitative estimate of drug-likeness (QED) is 0.0399. The maximum atomic E-state index is 15.4. The Bertz CT molecular complexity index is 3800. The van der Waals surface area contributed by atoms with Gasteiger partial charge in [-0.2, -0.15) is 0 Å². The molecular weight excluding hydrogens is 1160 g/mol. The molecule has 0 fully saturated rings. The fourth-order valence-corrected chi connectivity index (χ4v) is 9.86. The first-order chi connectivity index (χ1) is 44.4. The van der Waals surface area contributed by atoms with Crippen LogP contribution < -0.4 is 52.9 Å². The highest BCUT2D eigenvalue weighted by Crippen LogP contribution is 2.21. The Hall–Kier alpha value is -10.5. The van der Waals surface area contributed by atoms with E-state index in [1.807, 2.05) is 97.1 Å². The molecule has 1 aliphatic rings. The number of rotatable bonds is 35. The van der Waals surface area contributed by atoms with Crippen molar-refractivity contribution in [3.8, 4) is 0 Å². The molecule has 3 aromatic heterocycles. The predicted octanol–water partition coefficient (Wildman–Crippen LogP) is 4.49. The van der Waals surface area contributed by atoms with Gasteiger partial charge in [-0.25, -0.2) is 0 Å². The van der Waals surface area contributed by atoms with E-state index in [1.165, 1.54) is 70.6 Å². The number of nitrogens with two attached hydrogens (primary N) is 1. The van der Waals surface area contributed by atoms with Gasteiger partial charge in [-0.1, -0.05) is 146 Å². The van der Waals surface area contributed by atoms with Gasteiger partial charge in [-0.3, -0.25) is 48.1 Å². The Morgan fingerprint density at radius 3 is 1.41 bits per heavy atom. The molecule has 0 saturated heterocycles. The summed E-state index contributed by atoms with van der Waals surface area (Å²) in [7, 11) is 0. The van der Waals surface area contributed by atoms with Crippen molar-refractivity contribution in [3.63, 3.8) is 0 Å². The summed E-state index contributed by atoms with van der Waals surface area (Å²) in [4.78, 5) is 151. The second-order valence-electron chi connectivity index (χ2n) is 21.2. The fraction of sp³-hybridized carbons (Fsp3) is 0.294. The molecule has 0 radical (unpaired) electrons. The van der Waals surface area contributed by atoms with Crippen molar-refractivity contribution in [3.05, 3.63) is 258 Å². The number of unbranched alkanes of at least 4 members (excludes halogenated alkanes) is 2. The summed E-state index contributed by atoms with van der Waals surface area (Å²) in [6, 6.07) is 47.3. The van der Waals surface area contributed by atoms with Gasteiger partial charge in [0.15, 0.2) is 6.10 Å². The van der Waals surface area contributed by atoms with Crippen LogP contribution in [-0.2, 0) is 45.5 Å². The lowest BCUT2D eigenvalue weighted by molar-refractivity contribution is -0.133. The summed E-state index contributed by atoms with van der Waals surface area (Å²) >= 11 is 0. The van der Waals surface area contributed by atoms with Gasteiger partial charge in [0.25, 0.3) is 40.3 Å². The molecule has 8 rings (SSSR count). The number of Topliss-reactive ketones (excluding diaryl/α,β-unsaturated/α-hetero) is 1. The van der Waals surface area contributed by atoms with Gasteiger partial charge in [-0.05, 0) is 85.5 Å². The molecule has 23 nitrogen and oxygen atoms in total. The summed E-state index contributed by atoms with van der Waals surface area (Å²) in [5.41, 5.74) is 6.53. The van der Waals surface area contributed by atoms with E-state index in [0.717, 1.165) is 37.1 Å². The van der Waals surface area contributed by atoms with Gasteiger partial charge >= 0.3 is 0 Å². The van der Waals surface area contributed by atoms with E-state index in [-0.39, 0.29) is 114 Å². The van der Waals surface area contributed by atoms with Gasteiger partial charge < -0.3 is 50.7 Å². The van der Waals surface area contributed by atoms with Crippen molar-refractivity contribution in [1.82, 2.24) is 39.9 Å². The van der Waals surface area contributed by atoms with Crippen LogP contribution in [0.15, 0.2) is 207 Å². The van der Waals surface area contributed by atoms with Crippen LogP contribution in [0.1, 0.15) is 98.7 Å². The number of pyridine rings is 3. The molecule has 2 atom stereocenters. The molecule has 0 bridgehead atoms. The van der Waals surface area contributed by atoms with Crippen molar-refractivity contribution < 1.29 is 48.0 Å². The van der Waals surface area contributed by atoms with E-state index in [9.17, 15) is 33.6 Å². The molecule has 0 saturated carbocycles. The third-order valence-electron chi connectivity index (χ3n) is 14.6. The average Bonchev–Trinajstić information content (AvgIpc) is 1.71. The maximum absolute atomic E-state index is 15.4. The van der Waals surface area contributed by atoms with Gasteiger partial charge in [-0.15, -0.1) is 14.2 Å². The minimum absolute atomic E-state index is 0.00336. The summed E-state index contributed by atoms with van der Waals surface area (Å²) in [6.07, 6.45) is 3.15. The number of aromatic nitrogens is 3. The predicted molar refractivity (Wildman–Crippen MR) is 339 cm³/mol. The van der Waals surface area contributed by atoms with E-state index in [2.05, 4.69) is 20.9 Å². The molecular formula is C68H74N10O13. The maximum Gasteiger partial charge on any atom is 0.283 e. The summed E-state index contributed by atoms with van der Waals surface area (Å²) in [5, 5.41) is 8.62. The summed E-state index contributed by atoms with van der Waals surface area (Å²) in [6.45, 7) is 0.201. The Labute approximate surface area is 525 Å². The summed E-state index contributed by atoms with van der Waals surface area (Å²) < 4.78 is 8.82. The number of aliphatic imine (C=N–C) groups is 1. The Kier molecular flexibility index (Phi) is 25.5. The van der Waals surface area contributed by atoms with Crippen LogP contribution in [0.5, 0.6) is 0 Å². The number of benzene rings is 4. The van der Waals surface area contributed by atoms with Gasteiger partial charge in [0, 0.05) is 63.7 Å². The number of ketones is 1. The SMILES string of the molecule is NCCCCCNC(=O)C(CCCN(CCCNC(=O)c1cccc(=O)n1OCc1ccccc1)C(=O)C1=CN=CC(=O)C1OCc1ccccc1)N(CCCNC(=O)c1cccc(=O)n1OCc1ccccc1)C(=O)c1cccc(=O)n1OCc1ccccc1. The van der Waals surface area contributed by atoms with Crippen molar-refractivity contribution in [2.24, 2.45) is 10.7 Å². The van der Waals surface area contributed by atoms with Crippen molar-refractivity contribution >= 4 is 41.5 Å². The molecule has 0 spiro atoms. The standard InChI is InChI=1S/C68H74N10O13/c69-37-14-5-15-38-71-64(83)55(75(68(87)58-32-18-36-62(82)78(58)91-49-53-28-12-4-13-29-53)43-21-40-73-66(85)57-31-17-35-61(81)77(57)90-48-52-26-10-3-11-27-52)33-19-41-74(67(86)54-44-70-45-59(79)63(54)88-46-50-22-6-1-7-23-50)42-20-39-72-65(84)56-30-16-34-60(80)76(56)89-47-51-24-8-2-9-25-51/h1-4,6-13,16-18,22-32,34-36,44-45,55,63H,5,14-15,19-21,33,37-43,46-49,69H2,(H,71,83)(H,72,84)(H,73,85). The molecule has 4 heterocycles. The second kappa shape index (κ2) is 34.9. The number of hydrogen-bond acceptors (Lipinski definition) is 15. The lowest BCUT2D eigenvalue weighted by Gasteiger charge is -2.33. The first-order valence-corrected chi connectivity index (χ1v) is 30.1. The van der Waals surface area contributed by atoms with E-state index >= 15 is 9.59 Å². The van der Waals surface area contributed by atoms with E-state index < -0.39 is 64.1 Å². The molecule has 91 heavy (non-hydrogen) atoms. The zero-order valence-corrected chi connectivity index (χ0v) is 50.3. The molecule has 0 aliphatic carbocycles. The third kappa shape index (κ3) is 19.5. The van der Waals surface area contributed by atoms with Crippen LogP contribution in [0.2, 0.25) is 0 Å². The van der Waals surface area contributed by atoms with Crippen LogP contribution in [0.25, 0.3) is 0 Å². The largest absolute Gasteiger partial charge is 0.405 e. The smallest absolute Gasteiger partial charge is 0.283 e. The number of nitrogens with one attached hydrogen (secondary N) is 3. The molecule has 7 aromatic rings. The van der Waals surface area contributed by atoms with Crippen molar-refractivity contribution in [2.45, 2.75) is 83.5 Å². The average molecular weight is 1240 g/mol. The lowest BCUT2D eigenvalue weighted by atomic mass is 10.0. The highest BCUT2D eigenvalue weighted by molar-refractivity contribution is 6.33. The van der Waals surface area contributed by atoms with Crippen LogP contribution in [0.3, 0.4) is 0 Å². The van der Waals surface area contributed by atoms with Crippen LogP contribution >= 0.6 is 0 Å².